The van der Waals surface area contributed by atoms with Crippen LogP contribution in [0.3, 0.4) is 0 Å². The molecule has 4 heteroatoms. The summed E-state index contributed by atoms with van der Waals surface area (Å²) in [6.07, 6.45) is 0. The van der Waals surface area contributed by atoms with Crippen LogP contribution in [0.5, 0.6) is 5.75 Å². The van der Waals surface area contributed by atoms with Crippen LogP contribution in [0.25, 0.3) is 0 Å². The average Bonchev–Trinajstić information content (AvgIpc) is 2.76. The van der Waals surface area contributed by atoms with Gasteiger partial charge in [-0.1, -0.05) is 72.8 Å². The zero-order valence-corrected chi connectivity index (χ0v) is 17.2. The molecule has 0 heterocycles. The van der Waals surface area contributed by atoms with E-state index in [2.05, 4.69) is 10.2 Å². The van der Waals surface area contributed by atoms with Crippen LogP contribution in [-0.4, -0.2) is 38.6 Å². The zero-order valence-electron chi connectivity index (χ0n) is 17.2. The lowest BCUT2D eigenvalue weighted by Crippen LogP contribution is -2.37. The van der Waals surface area contributed by atoms with E-state index in [-0.39, 0.29) is 17.9 Å². The van der Waals surface area contributed by atoms with Crippen LogP contribution < -0.4 is 10.1 Å². The number of hydrogen-bond acceptors (Lipinski definition) is 3. The van der Waals surface area contributed by atoms with Gasteiger partial charge in [-0.05, 0) is 42.9 Å². The lowest BCUT2D eigenvalue weighted by atomic mass is 9.90. The van der Waals surface area contributed by atoms with Gasteiger partial charge < -0.3 is 15.0 Å². The van der Waals surface area contributed by atoms with Gasteiger partial charge in [0.15, 0.2) is 0 Å². The highest BCUT2D eigenvalue weighted by atomic mass is 16.5. The summed E-state index contributed by atoms with van der Waals surface area (Å²) in [5.41, 5.74) is 3.11. The Balaban J connectivity index is 1.79. The number of ether oxygens (including phenoxy) is 1. The second-order valence-corrected chi connectivity index (χ2v) is 7.25. The number of hydrogen-bond donors (Lipinski definition) is 1. The molecule has 0 spiro atoms. The summed E-state index contributed by atoms with van der Waals surface area (Å²) in [5, 5.41) is 3.18. The third-order valence-corrected chi connectivity index (χ3v) is 5.12. The number of amides is 1. The van der Waals surface area contributed by atoms with Crippen LogP contribution >= 0.6 is 0 Å². The molecule has 1 unspecified atom stereocenters. The van der Waals surface area contributed by atoms with E-state index in [1.54, 1.807) is 7.11 Å². The molecule has 4 nitrogen and oxygen atoms in total. The molecule has 3 aromatic carbocycles. The van der Waals surface area contributed by atoms with Crippen molar-refractivity contribution in [3.63, 3.8) is 0 Å². The number of methoxy groups -OCH3 is 1. The summed E-state index contributed by atoms with van der Waals surface area (Å²) >= 11 is 0. The topological polar surface area (TPSA) is 41.6 Å². The first-order valence-electron chi connectivity index (χ1n) is 9.78. The van der Waals surface area contributed by atoms with Gasteiger partial charge >= 0.3 is 0 Å². The van der Waals surface area contributed by atoms with E-state index in [1.807, 2.05) is 99.0 Å². The van der Waals surface area contributed by atoms with Crippen LogP contribution in [0.1, 0.15) is 28.7 Å². The maximum atomic E-state index is 13.3. The van der Waals surface area contributed by atoms with Gasteiger partial charge in [-0.25, -0.2) is 0 Å². The maximum absolute atomic E-state index is 13.3. The third-order valence-electron chi connectivity index (χ3n) is 5.12. The van der Waals surface area contributed by atoms with Crippen molar-refractivity contribution in [2.45, 2.75) is 12.0 Å². The summed E-state index contributed by atoms with van der Waals surface area (Å²) in [6, 6.07) is 27.9. The SMILES string of the molecule is COc1ccc(C(CNC(=O)C(c2ccccc2)c2ccccc2)N(C)C)cc1. The molecule has 0 fully saturated rings. The minimum absolute atomic E-state index is 0.00256. The van der Waals surface area contributed by atoms with E-state index in [0.29, 0.717) is 6.54 Å². The Labute approximate surface area is 173 Å². The Kier molecular flexibility index (Phi) is 7.04. The van der Waals surface area contributed by atoms with Crippen molar-refractivity contribution in [1.29, 1.82) is 0 Å². The van der Waals surface area contributed by atoms with Crippen molar-refractivity contribution in [2.24, 2.45) is 0 Å². The molecule has 0 aromatic heterocycles. The molecule has 0 saturated carbocycles. The van der Waals surface area contributed by atoms with Crippen LogP contribution in [-0.2, 0) is 4.79 Å². The lowest BCUT2D eigenvalue weighted by Gasteiger charge is -2.26. The molecule has 0 bridgehead atoms. The first kappa shape index (κ1) is 20.6. The van der Waals surface area contributed by atoms with E-state index in [4.69, 9.17) is 4.74 Å². The van der Waals surface area contributed by atoms with E-state index in [9.17, 15) is 4.79 Å². The fourth-order valence-electron chi connectivity index (χ4n) is 3.51. The highest BCUT2D eigenvalue weighted by Gasteiger charge is 2.24. The molecule has 3 rings (SSSR count). The fourth-order valence-corrected chi connectivity index (χ4v) is 3.51. The molecule has 0 aliphatic rings. The van der Waals surface area contributed by atoms with E-state index in [0.717, 1.165) is 22.4 Å². The predicted octanol–water partition coefficient (Wildman–Crippen LogP) is 4.25. The highest BCUT2D eigenvalue weighted by Crippen LogP contribution is 2.26. The summed E-state index contributed by atoms with van der Waals surface area (Å²) in [6.45, 7) is 0.522. The third kappa shape index (κ3) is 5.24. The van der Waals surface area contributed by atoms with Crippen molar-refractivity contribution < 1.29 is 9.53 Å². The van der Waals surface area contributed by atoms with Gasteiger partial charge in [0.1, 0.15) is 5.75 Å². The van der Waals surface area contributed by atoms with Gasteiger partial charge in [0.25, 0.3) is 0 Å². The lowest BCUT2D eigenvalue weighted by molar-refractivity contribution is -0.121. The molecule has 0 saturated heterocycles. The number of rotatable bonds is 8. The monoisotopic (exact) mass is 388 g/mol. The Hall–Kier alpha value is -3.11. The second-order valence-electron chi connectivity index (χ2n) is 7.25. The average molecular weight is 389 g/mol. The molecular formula is C25H28N2O2. The number of benzene rings is 3. The molecule has 0 radical (unpaired) electrons. The van der Waals surface area contributed by atoms with Crippen LogP contribution in [0, 0.1) is 0 Å². The van der Waals surface area contributed by atoms with Crippen molar-refractivity contribution in [1.82, 2.24) is 10.2 Å². The molecule has 1 amide bonds. The van der Waals surface area contributed by atoms with Gasteiger partial charge in [-0.2, -0.15) is 0 Å². The van der Waals surface area contributed by atoms with Crippen molar-refractivity contribution in [3.8, 4) is 5.75 Å². The van der Waals surface area contributed by atoms with E-state index < -0.39 is 0 Å². The summed E-state index contributed by atoms with van der Waals surface area (Å²) in [4.78, 5) is 15.4. The highest BCUT2D eigenvalue weighted by molar-refractivity contribution is 5.87. The Morgan fingerprint density at radius 3 is 1.79 bits per heavy atom. The first-order chi connectivity index (χ1) is 14.1. The predicted molar refractivity (Wildman–Crippen MR) is 117 cm³/mol. The van der Waals surface area contributed by atoms with Gasteiger partial charge in [-0.15, -0.1) is 0 Å². The van der Waals surface area contributed by atoms with Gasteiger partial charge in [0, 0.05) is 6.54 Å². The van der Waals surface area contributed by atoms with Crippen LogP contribution in [0.4, 0.5) is 0 Å². The largest absolute Gasteiger partial charge is 0.497 e. The van der Waals surface area contributed by atoms with Gasteiger partial charge in [0.05, 0.1) is 19.1 Å². The number of carbonyl (C=O) groups is 1. The Bertz CT molecular complexity index is 854. The number of nitrogens with one attached hydrogen (secondary N) is 1. The minimum Gasteiger partial charge on any atom is -0.497 e. The maximum Gasteiger partial charge on any atom is 0.232 e. The van der Waals surface area contributed by atoms with E-state index in [1.165, 1.54) is 0 Å². The summed E-state index contributed by atoms with van der Waals surface area (Å²) in [5.74, 6) is 0.488. The van der Waals surface area contributed by atoms with Crippen molar-refractivity contribution in [3.05, 3.63) is 102 Å². The Morgan fingerprint density at radius 2 is 1.34 bits per heavy atom. The quantitative estimate of drug-likeness (QED) is 0.627. The molecule has 1 atom stereocenters. The minimum atomic E-state index is -0.337. The molecule has 150 valence electrons. The standard InChI is InChI=1S/C25H28N2O2/c1-27(2)23(19-14-16-22(29-3)17-15-19)18-26-25(28)24(20-10-6-4-7-11-20)21-12-8-5-9-13-21/h4-17,23-24H,18H2,1-3H3,(H,26,28). The number of likely N-dealkylation sites (N-methyl/N-ethyl adjacent to an activating group) is 1. The zero-order chi connectivity index (χ0) is 20.6. The first-order valence-corrected chi connectivity index (χ1v) is 9.78. The number of carbonyl (C=O) groups excluding carboxylic acids is 1. The summed E-state index contributed by atoms with van der Waals surface area (Å²) in [7, 11) is 5.70. The van der Waals surface area contributed by atoms with Crippen LogP contribution in [0.15, 0.2) is 84.9 Å². The van der Waals surface area contributed by atoms with Crippen molar-refractivity contribution in [2.75, 3.05) is 27.7 Å². The summed E-state index contributed by atoms with van der Waals surface area (Å²) < 4.78 is 5.25. The number of nitrogens with zero attached hydrogens (tertiary/aromatic N) is 1. The molecule has 1 N–H and O–H groups in total. The van der Waals surface area contributed by atoms with Crippen LogP contribution in [0.2, 0.25) is 0 Å². The van der Waals surface area contributed by atoms with Crippen molar-refractivity contribution >= 4 is 5.91 Å². The van der Waals surface area contributed by atoms with Gasteiger partial charge in [-0.3, -0.25) is 4.79 Å². The normalized spacial score (nSPS) is 12.0. The molecule has 0 aliphatic heterocycles. The second kappa shape index (κ2) is 9.89. The Morgan fingerprint density at radius 1 is 0.828 bits per heavy atom. The molecular weight excluding hydrogens is 360 g/mol. The van der Waals surface area contributed by atoms with Gasteiger partial charge in [0.2, 0.25) is 5.91 Å². The smallest absolute Gasteiger partial charge is 0.232 e. The molecule has 0 aliphatic carbocycles. The fraction of sp³-hybridized carbons (Fsp3) is 0.240. The molecule has 3 aromatic rings. The van der Waals surface area contributed by atoms with E-state index >= 15 is 0 Å². The molecule has 29 heavy (non-hydrogen) atoms.